The van der Waals surface area contributed by atoms with Crippen LogP contribution in [-0.4, -0.2) is 18.6 Å². The van der Waals surface area contributed by atoms with Gasteiger partial charge in [0.15, 0.2) is 0 Å². The Morgan fingerprint density at radius 2 is 2.11 bits per heavy atom. The highest BCUT2D eigenvalue weighted by Gasteiger charge is 2.34. The predicted molar refractivity (Wildman–Crippen MR) is 75.8 cm³/mol. The van der Waals surface area contributed by atoms with Gasteiger partial charge in [0.1, 0.15) is 0 Å². The molecule has 0 spiro atoms. The fourth-order valence-corrected chi connectivity index (χ4v) is 2.85. The van der Waals surface area contributed by atoms with Crippen molar-refractivity contribution in [3.8, 4) is 0 Å². The van der Waals surface area contributed by atoms with Crippen molar-refractivity contribution in [3.05, 3.63) is 35.9 Å². The normalized spacial score (nSPS) is 24.1. The lowest BCUT2D eigenvalue weighted by Crippen LogP contribution is -2.38. The third kappa shape index (κ3) is 3.57. The molecule has 3 nitrogen and oxygen atoms in total. The summed E-state index contributed by atoms with van der Waals surface area (Å²) in [6, 6.07) is 10.9. The minimum Gasteiger partial charge on any atom is -0.466 e. The molecule has 2 rings (SSSR count). The van der Waals surface area contributed by atoms with E-state index in [9.17, 15) is 4.79 Å². The summed E-state index contributed by atoms with van der Waals surface area (Å²) in [4.78, 5) is 11.9. The maximum Gasteiger partial charge on any atom is 0.310 e. The molecule has 19 heavy (non-hydrogen) atoms. The van der Waals surface area contributed by atoms with Crippen LogP contribution in [0.1, 0.15) is 44.7 Å². The standard InChI is InChI=1S/C16H23NO2/c1-3-19-16(18)14-10-7-11-15(14)17-12(2)13-8-5-4-6-9-13/h4-6,8-9,12,14-15,17H,3,7,10-11H2,1-2H3/t12?,14-,15-/m1/s1. The number of nitrogens with one attached hydrogen (secondary N) is 1. The Bertz CT molecular complexity index is 404. The first kappa shape index (κ1) is 14.1. The molecule has 0 aliphatic heterocycles. The molecular weight excluding hydrogens is 238 g/mol. The summed E-state index contributed by atoms with van der Waals surface area (Å²) >= 11 is 0. The molecule has 104 valence electrons. The van der Waals surface area contributed by atoms with Crippen LogP contribution in [0.15, 0.2) is 30.3 Å². The van der Waals surface area contributed by atoms with Gasteiger partial charge in [-0.05, 0) is 32.3 Å². The lowest BCUT2D eigenvalue weighted by molar-refractivity contribution is -0.148. The summed E-state index contributed by atoms with van der Waals surface area (Å²) in [5.74, 6) is -0.0242. The molecule has 1 aromatic rings. The molecule has 1 aromatic carbocycles. The van der Waals surface area contributed by atoms with Gasteiger partial charge in [0, 0.05) is 12.1 Å². The zero-order chi connectivity index (χ0) is 13.7. The number of benzene rings is 1. The van der Waals surface area contributed by atoms with Gasteiger partial charge in [-0.15, -0.1) is 0 Å². The van der Waals surface area contributed by atoms with Gasteiger partial charge in [0.05, 0.1) is 12.5 Å². The summed E-state index contributed by atoms with van der Waals surface area (Å²) in [6.45, 7) is 4.48. The van der Waals surface area contributed by atoms with Crippen LogP contribution in [0.4, 0.5) is 0 Å². The highest BCUT2D eigenvalue weighted by atomic mass is 16.5. The Labute approximate surface area is 115 Å². The Kier molecular flexibility index (Phi) is 4.97. The van der Waals surface area contributed by atoms with E-state index in [-0.39, 0.29) is 24.0 Å². The van der Waals surface area contributed by atoms with Crippen LogP contribution in [0.2, 0.25) is 0 Å². The second kappa shape index (κ2) is 6.71. The molecule has 0 radical (unpaired) electrons. The van der Waals surface area contributed by atoms with Gasteiger partial charge in [0.25, 0.3) is 0 Å². The second-order valence-electron chi connectivity index (χ2n) is 5.19. The molecule has 1 N–H and O–H groups in total. The van der Waals surface area contributed by atoms with Gasteiger partial charge in [-0.3, -0.25) is 4.79 Å². The van der Waals surface area contributed by atoms with E-state index in [2.05, 4.69) is 24.4 Å². The molecule has 0 aromatic heterocycles. The van der Waals surface area contributed by atoms with Crippen LogP contribution in [-0.2, 0) is 9.53 Å². The van der Waals surface area contributed by atoms with Crippen LogP contribution < -0.4 is 5.32 Å². The van der Waals surface area contributed by atoms with Crippen LogP contribution in [0, 0.1) is 5.92 Å². The fraction of sp³-hybridized carbons (Fsp3) is 0.562. The summed E-state index contributed by atoms with van der Waals surface area (Å²) in [5, 5.41) is 3.58. The highest BCUT2D eigenvalue weighted by molar-refractivity contribution is 5.73. The number of hydrogen-bond acceptors (Lipinski definition) is 3. The molecule has 1 aliphatic rings. The van der Waals surface area contributed by atoms with Crippen molar-refractivity contribution in [2.75, 3.05) is 6.61 Å². The van der Waals surface area contributed by atoms with Crippen LogP contribution in [0.3, 0.4) is 0 Å². The van der Waals surface area contributed by atoms with E-state index < -0.39 is 0 Å². The molecule has 1 saturated carbocycles. The Balaban J connectivity index is 1.96. The van der Waals surface area contributed by atoms with E-state index in [1.54, 1.807) is 0 Å². The van der Waals surface area contributed by atoms with Gasteiger partial charge < -0.3 is 10.1 Å². The Morgan fingerprint density at radius 3 is 2.79 bits per heavy atom. The van der Waals surface area contributed by atoms with E-state index in [1.807, 2.05) is 25.1 Å². The van der Waals surface area contributed by atoms with Crippen molar-refractivity contribution in [1.29, 1.82) is 0 Å². The van der Waals surface area contributed by atoms with E-state index in [4.69, 9.17) is 4.74 Å². The zero-order valence-corrected chi connectivity index (χ0v) is 11.8. The van der Waals surface area contributed by atoms with Crippen molar-refractivity contribution in [2.24, 2.45) is 5.92 Å². The SMILES string of the molecule is CCOC(=O)[C@@H]1CCC[C@H]1NC(C)c1ccccc1. The second-order valence-corrected chi connectivity index (χ2v) is 5.19. The minimum atomic E-state index is -0.0437. The Morgan fingerprint density at radius 1 is 1.37 bits per heavy atom. The van der Waals surface area contributed by atoms with Crippen molar-refractivity contribution >= 4 is 5.97 Å². The van der Waals surface area contributed by atoms with Crippen LogP contribution in [0.25, 0.3) is 0 Å². The number of rotatable bonds is 5. The number of carbonyl (C=O) groups excluding carboxylic acids is 1. The smallest absolute Gasteiger partial charge is 0.310 e. The first-order chi connectivity index (χ1) is 9.22. The van der Waals surface area contributed by atoms with Crippen LogP contribution in [0.5, 0.6) is 0 Å². The highest BCUT2D eigenvalue weighted by Crippen LogP contribution is 2.29. The topological polar surface area (TPSA) is 38.3 Å². The van der Waals surface area contributed by atoms with E-state index in [0.717, 1.165) is 19.3 Å². The fourth-order valence-electron chi connectivity index (χ4n) is 2.85. The summed E-state index contributed by atoms with van der Waals surface area (Å²) < 4.78 is 5.16. The number of esters is 1. The summed E-state index contributed by atoms with van der Waals surface area (Å²) in [7, 11) is 0. The minimum absolute atomic E-state index is 0.0195. The first-order valence-corrected chi connectivity index (χ1v) is 7.20. The van der Waals surface area contributed by atoms with Crippen molar-refractivity contribution in [3.63, 3.8) is 0 Å². The first-order valence-electron chi connectivity index (χ1n) is 7.20. The lowest BCUT2D eigenvalue weighted by atomic mass is 10.0. The molecule has 1 fully saturated rings. The molecule has 0 saturated heterocycles. The lowest BCUT2D eigenvalue weighted by Gasteiger charge is -2.24. The van der Waals surface area contributed by atoms with Crippen molar-refractivity contribution in [1.82, 2.24) is 5.32 Å². The quantitative estimate of drug-likeness (QED) is 0.828. The molecule has 0 bridgehead atoms. The van der Waals surface area contributed by atoms with E-state index >= 15 is 0 Å². The monoisotopic (exact) mass is 261 g/mol. The third-order valence-corrected chi connectivity index (χ3v) is 3.87. The molecule has 3 atom stereocenters. The molecule has 1 unspecified atom stereocenters. The molecular formula is C16H23NO2. The number of carbonyl (C=O) groups is 1. The van der Waals surface area contributed by atoms with Crippen molar-refractivity contribution in [2.45, 2.75) is 45.2 Å². The van der Waals surface area contributed by atoms with Crippen LogP contribution >= 0.6 is 0 Å². The van der Waals surface area contributed by atoms with E-state index in [0.29, 0.717) is 6.61 Å². The third-order valence-electron chi connectivity index (χ3n) is 3.87. The van der Waals surface area contributed by atoms with Gasteiger partial charge in [-0.2, -0.15) is 0 Å². The maximum absolute atomic E-state index is 11.9. The number of hydrogen-bond donors (Lipinski definition) is 1. The van der Waals surface area contributed by atoms with Gasteiger partial charge in [-0.1, -0.05) is 36.8 Å². The largest absolute Gasteiger partial charge is 0.466 e. The Hall–Kier alpha value is -1.35. The molecule has 3 heteroatoms. The molecule has 1 aliphatic carbocycles. The average Bonchev–Trinajstić information content (AvgIpc) is 2.88. The summed E-state index contributed by atoms with van der Waals surface area (Å²) in [5.41, 5.74) is 1.26. The van der Waals surface area contributed by atoms with Gasteiger partial charge >= 0.3 is 5.97 Å². The van der Waals surface area contributed by atoms with Gasteiger partial charge in [0.2, 0.25) is 0 Å². The average molecular weight is 261 g/mol. The summed E-state index contributed by atoms with van der Waals surface area (Å²) in [6.07, 6.45) is 3.10. The number of ether oxygens (including phenoxy) is 1. The zero-order valence-electron chi connectivity index (χ0n) is 11.8. The van der Waals surface area contributed by atoms with Gasteiger partial charge in [-0.25, -0.2) is 0 Å². The maximum atomic E-state index is 11.9. The molecule has 0 heterocycles. The van der Waals surface area contributed by atoms with Crippen molar-refractivity contribution < 1.29 is 9.53 Å². The molecule has 0 amide bonds. The van der Waals surface area contributed by atoms with E-state index in [1.165, 1.54) is 5.56 Å². The predicted octanol–water partition coefficient (Wildman–Crippen LogP) is 3.07.